The molecule has 18 heavy (non-hydrogen) atoms. The number of hydrogen-bond donors (Lipinski definition) is 1. The van der Waals surface area contributed by atoms with E-state index in [0.717, 1.165) is 16.8 Å². The van der Waals surface area contributed by atoms with E-state index in [-0.39, 0.29) is 10.6 Å². The van der Waals surface area contributed by atoms with Crippen LogP contribution in [0.2, 0.25) is 5.02 Å². The topological polar surface area (TPSA) is 32.9 Å². The van der Waals surface area contributed by atoms with Crippen LogP contribution in [0.1, 0.15) is 32.9 Å². The first-order valence-corrected chi connectivity index (χ1v) is 5.95. The number of hydrogen-bond acceptors (Lipinski definition) is 1. The van der Waals surface area contributed by atoms with Crippen LogP contribution >= 0.6 is 11.6 Å². The summed E-state index contributed by atoms with van der Waals surface area (Å²) in [4.78, 5) is 15.3. The maximum Gasteiger partial charge on any atom is 0.213 e. The lowest BCUT2D eigenvalue weighted by molar-refractivity contribution is 0.103. The Morgan fingerprint density at radius 2 is 1.89 bits per heavy atom. The van der Waals surface area contributed by atoms with E-state index in [0.29, 0.717) is 5.69 Å². The number of rotatable bonds is 2. The highest BCUT2D eigenvalue weighted by Crippen LogP contribution is 2.25. The summed E-state index contributed by atoms with van der Waals surface area (Å²) in [5.41, 5.74) is 3.06. The Morgan fingerprint density at radius 3 is 2.39 bits per heavy atom. The van der Waals surface area contributed by atoms with Gasteiger partial charge in [-0.3, -0.25) is 4.79 Å². The fourth-order valence-corrected chi connectivity index (χ4v) is 2.16. The minimum Gasteiger partial charge on any atom is -0.356 e. The summed E-state index contributed by atoms with van der Waals surface area (Å²) < 4.78 is 13.7. The van der Waals surface area contributed by atoms with E-state index in [2.05, 4.69) is 4.98 Å². The smallest absolute Gasteiger partial charge is 0.213 e. The minimum absolute atomic E-state index is 0.0801. The predicted octanol–water partition coefficient (Wildman–Crippen LogP) is 3.96. The average molecular weight is 266 g/mol. The summed E-state index contributed by atoms with van der Waals surface area (Å²) in [5.74, 6) is -1.01. The molecular formula is C14H13ClFNO. The number of benzene rings is 1. The first kappa shape index (κ1) is 12.8. The second-order valence-electron chi connectivity index (χ2n) is 4.30. The third-order valence-corrected chi connectivity index (χ3v) is 3.54. The molecule has 0 aliphatic carbocycles. The summed E-state index contributed by atoms with van der Waals surface area (Å²) >= 11 is 5.90. The Balaban J connectivity index is 2.59. The SMILES string of the molecule is Cc1[nH]c(C(=O)c2c(F)cccc2Cl)c(C)c1C. The van der Waals surface area contributed by atoms with Gasteiger partial charge in [0.15, 0.2) is 0 Å². The lowest BCUT2D eigenvalue weighted by atomic mass is 10.0. The van der Waals surface area contributed by atoms with Crippen molar-refractivity contribution < 1.29 is 9.18 Å². The summed E-state index contributed by atoms with van der Waals surface area (Å²) in [7, 11) is 0. The fourth-order valence-electron chi connectivity index (χ4n) is 1.91. The molecule has 0 saturated carbocycles. The molecule has 1 heterocycles. The highest BCUT2D eigenvalue weighted by Gasteiger charge is 2.21. The maximum absolute atomic E-state index is 13.7. The fraction of sp³-hybridized carbons (Fsp3) is 0.214. The van der Waals surface area contributed by atoms with E-state index in [1.807, 2.05) is 20.8 Å². The standard InChI is InChI=1S/C14H13ClFNO/c1-7-8(2)13(17-9(7)3)14(18)12-10(15)5-4-6-11(12)16/h4-6,17H,1-3H3. The molecule has 0 aliphatic heterocycles. The lowest BCUT2D eigenvalue weighted by Crippen LogP contribution is -2.07. The first-order chi connectivity index (χ1) is 8.43. The molecule has 0 fully saturated rings. The van der Waals surface area contributed by atoms with E-state index in [9.17, 15) is 9.18 Å². The monoisotopic (exact) mass is 265 g/mol. The molecular weight excluding hydrogens is 253 g/mol. The van der Waals surface area contributed by atoms with Crippen molar-refractivity contribution in [2.45, 2.75) is 20.8 Å². The Hall–Kier alpha value is -1.61. The zero-order valence-electron chi connectivity index (χ0n) is 10.4. The second kappa shape index (κ2) is 4.58. The van der Waals surface area contributed by atoms with Crippen molar-refractivity contribution in [3.05, 3.63) is 57.1 Å². The molecule has 0 spiro atoms. The molecule has 1 aromatic carbocycles. The van der Waals surface area contributed by atoms with Crippen molar-refractivity contribution in [2.75, 3.05) is 0 Å². The van der Waals surface area contributed by atoms with Crippen molar-refractivity contribution in [1.82, 2.24) is 4.98 Å². The number of aromatic nitrogens is 1. The number of carbonyl (C=O) groups is 1. The van der Waals surface area contributed by atoms with E-state index < -0.39 is 11.6 Å². The van der Waals surface area contributed by atoms with Crippen LogP contribution in [0.4, 0.5) is 4.39 Å². The molecule has 0 radical (unpaired) electrons. The van der Waals surface area contributed by atoms with Gasteiger partial charge in [-0.15, -0.1) is 0 Å². The van der Waals surface area contributed by atoms with Gasteiger partial charge in [0.1, 0.15) is 5.82 Å². The van der Waals surface area contributed by atoms with Crippen molar-refractivity contribution in [3.8, 4) is 0 Å². The van der Waals surface area contributed by atoms with Crippen molar-refractivity contribution >= 4 is 17.4 Å². The van der Waals surface area contributed by atoms with Gasteiger partial charge in [0.2, 0.25) is 5.78 Å². The normalized spacial score (nSPS) is 10.7. The highest BCUT2D eigenvalue weighted by molar-refractivity contribution is 6.35. The molecule has 0 unspecified atom stereocenters. The summed E-state index contributed by atoms with van der Waals surface area (Å²) in [6.45, 7) is 5.63. The Kier molecular flexibility index (Phi) is 3.26. The molecule has 2 rings (SSSR count). The van der Waals surface area contributed by atoms with Crippen LogP contribution in [-0.2, 0) is 0 Å². The number of ketones is 1. The molecule has 4 heteroatoms. The summed E-state index contributed by atoms with van der Waals surface area (Å²) in [6, 6.07) is 4.22. The minimum atomic E-state index is -0.600. The van der Waals surface area contributed by atoms with Gasteiger partial charge in [0.05, 0.1) is 16.3 Å². The number of H-pyrrole nitrogens is 1. The van der Waals surface area contributed by atoms with Crippen LogP contribution in [0.15, 0.2) is 18.2 Å². The van der Waals surface area contributed by atoms with Crippen LogP contribution in [0.25, 0.3) is 0 Å². The van der Waals surface area contributed by atoms with E-state index in [4.69, 9.17) is 11.6 Å². The third-order valence-electron chi connectivity index (χ3n) is 3.23. The predicted molar refractivity (Wildman–Crippen MR) is 69.8 cm³/mol. The Labute approximate surface area is 110 Å². The zero-order chi connectivity index (χ0) is 13.4. The second-order valence-corrected chi connectivity index (χ2v) is 4.71. The summed E-state index contributed by atoms with van der Waals surface area (Å²) in [6.07, 6.45) is 0. The molecule has 0 aliphatic rings. The molecule has 0 saturated heterocycles. The third kappa shape index (κ3) is 1.95. The van der Waals surface area contributed by atoms with Gasteiger partial charge in [-0.25, -0.2) is 4.39 Å². The van der Waals surface area contributed by atoms with Crippen LogP contribution in [-0.4, -0.2) is 10.8 Å². The molecule has 0 amide bonds. The molecule has 94 valence electrons. The Morgan fingerprint density at radius 1 is 1.22 bits per heavy atom. The largest absolute Gasteiger partial charge is 0.356 e. The number of aryl methyl sites for hydroxylation is 1. The van der Waals surface area contributed by atoms with Crippen LogP contribution in [0.3, 0.4) is 0 Å². The molecule has 1 aromatic heterocycles. The van der Waals surface area contributed by atoms with Crippen molar-refractivity contribution in [3.63, 3.8) is 0 Å². The molecule has 2 nitrogen and oxygen atoms in total. The van der Waals surface area contributed by atoms with Gasteiger partial charge in [-0.05, 0) is 44.0 Å². The first-order valence-electron chi connectivity index (χ1n) is 5.58. The van der Waals surface area contributed by atoms with Gasteiger partial charge in [-0.2, -0.15) is 0 Å². The zero-order valence-corrected chi connectivity index (χ0v) is 11.2. The number of nitrogens with one attached hydrogen (secondary N) is 1. The van der Waals surface area contributed by atoms with Gasteiger partial charge in [0.25, 0.3) is 0 Å². The number of carbonyl (C=O) groups excluding carboxylic acids is 1. The van der Waals surface area contributed by atoms with Gasteiger partial charge >= 0.3 is 0 Å². The van der Waals surface area contributed by atoms with Crippen LogP contribution < -0.4 is 0 Å². The van der Waals surface area contributed by atoms with Gasteiger partial charge in [0, 0.05) is 5.69 Å². The molecule has 2 aromatic rings. The van der Waals surface area contributed by atoms with Crippen molar-refractivity contribution in [2.24, 2.45) is 0 Å². The van der Waals surface area contributed by atoms with Gasteiger partial charge in [-0.1, -0.05) is 17.7 Å². The van der Waals surface area contributed by atoms with E-state index >= 15 is 0 Å². The summed E-state index contributed by atoms with van der Waals surface area (Å²) in [5, 5.41) is 0.129. The maximum atomic E-state index is 13.7. The number of halogens is 2. The quantitative estimate of drug-likeness (QED) is 0.819. The van der Waals surface area contributed by atoms with Gasteiger partial charge < -0.3 is 4.98 Å². The lowest BCUT2D eigenvalue weighted by Gasteiger charge is -2.04. The van der Waals surface area contributed by atoms with E-state index in [1.165, 1.54) is 18.2 Å². The highest BCUT2D eigenvalue weighted by atomic mass is 35.5. The van der Waals surface area contributed by atoms with Crippen LogP contribution in [0, 0.1) is 26.6 Å². The van der Waals surface area contributed by atoms with Crippen LogP contribution in [0.5, 0.6) is 0 Å². The molecule has 0 bridgehead atoms. The Bertz CT molecular complexity index is 611. The van der Waals surface area contributed by atoms with Crippen molar-refractivity contribution in [1.29, 1.82) is 0 Å². The average Bonchev–Trinajstić information content (AvgIpc) is 2.56. The molecule has 0 atom stereocenters. The van der Waals surface area contributed by atoms with E-state index in [1.54, 1.807) is 0 Å². The molecule has 1 N–H and O–H groups in total. The number of aromatic amines is 1.